The van der Waals surface area contributed by atoms with Crippen molar-refractivity contribution in [2.75, 3.05) is 37.7 Å². The van der Waals surface area contributed by atoms with Gasteiger partial charge in [-0.15, -0.1) is 0 Å². The topological polar surface area (TPSA) is 117 Å². The first-order chi connectivity index (χ1) is 20.9. The van der Waals surface area contributed by atoms with Crippen molar-refractivity contribution in [2.45, 2.75) is 62.9 Å². The highest BCUT2D eigenvalue weighted by molar-refractivity contribution is 6.05. The minimum Gasteiger partial charge on any atom is -0.489 e. The van der Waals surface area contributed by atoms with Crippen LogP contribution in [0.5, 0.6) is 5.75 Å². The minimum absolute atomic E-state index is 0.0520. The Morgan fingerprint density at radius 3 is 2.81 bits per heavy atom. The van der Waals surface area contributed by atoms with Crippen molar-refractivity contribution in [1.82, 2.24) is 25.1 Å². The molecule has 5 aliphatic rings. The van der Waals surface area contributed by atoms with Crippen LogP contribution in [0.3, 0.4) is 0 Å². The molecule has 222 valence electrons. The second kappa shape index (κ2) is 10.3. The average molecular weight is 583 g/mol. The molecule has 4 saturated heterocycles. The van der Waals surface area contributed by atoms with Gasteiger partial charge >= 0.3 is 0 Å². The summed E-state index contributed by atoms with van der Waals surface area (Å²) in [4.78, 5) is 52.7. The Labute approximate surface area is 249 Å². The monoisotopic (exact) mass is 582 g/mol. The molecule has 11 nitrogen and oxygen atoms in total. The number of ether oxygens (including phenoxy) is 2. The van der Waals surface area contributed by atoms with E-state index in [2.05, 4.69) is 33.3 Å². The third kappa shape index (κ3) is 4.71. The van der Waals surface area contributed by atoms with E-state index >= 15 is 0 Å². The van der Waals surface area contributed by atoms with E-state index in [1.165, 1.54) is 5.56 Å². The number of aromatic nitrogens is 2. The van der Waals surface area contributed by atoms with Gasteiger partial charge in [-0.1, -0.05) is 6.07 Å². The molecule has 43 heavy (non-hydrogen) atoms. The van der Waals surface area contributed by atoms with Crippen LogP contribution < -0.4 is 15.0 Å². The van der Waals surface area contributed by atoms with Crippen LogP contribution in [-0.4, -0.2) is 88.0 Å². The molecule has 3 amide bonds. The van der Waals surface area contributed by atoms with E-state index in [4.69, 9.17) is 19.4 Å². The minimum atomic E-state index is -0.617. The number of carbonyl (C=O) groups is 3. The first-order valence-electron chi connectivity index (χ1n) is 15.2. The van der Waals surface area contributed by atoms with Crippen LogP contribution in [0.15, 0.2) is 42.6 Å². The number of nitrogens with zero attached hydrogens (tertiary/aromatic N) is 5. The molecule has 0 saturated carbocycles. The fourth-order valence-corrected chi connectivity index (χ4v) is 7.27. The fraction of sp³-hybridized carbons (Fsp3) is 0.469. The summed E-state index contributed by atoms with van der Waals surface area (Å²) in [5.74, 6) is 0.674. The lowest BCUT2D eigenvalue weighted by molar-refractivity contribution is -0.136. The van der Waals surface area contributed by atoms with Gasteiger partial charge < -0.3 is 19.3 Å². The van der Waals surface area contributed by atoms with Gasteiger partial charge in [-0.3, -0.25) is 24.6 Å². The molecule has 3 aromatic rings. The molecule has 0 radical (unpaired) electrons. The number of imide groups is 1. The van der Waals surface area contributed by atoms with Gasteiger partial charge in [0.05, 0.1) is 17.7 Å². The van der Waals surface area contributed by atoms with E-state index in [0.717, 1.165) is 86.8 Å². The van der Waals surface area contributed by atoms with E-state index in [1.54, 1.807) is 11.0 Å². The number of amides is 3. The van der Waals surface area contributed by atoms with Crippen molar-refractivity contribution < 1.29 is 23.9 Å². The molecule has 5 aliphatic heterocycles. The van der Waals surface area contributed by atoms with Crippen molar-refractivity contribution in [1.29, 1.82) is 0 Å². The molecule has 11 heteroatoms. The first-order valence-corrected chi connectivity index (χ1v) is 15.2. The van der Waals surface area contributed by atoms with E-state index in [9.17, 15) is 14.4 Å². The van der Waals surface area contributed by atoms with Gasteiger partial charge in [0.2, 0.25) is 17.8 Å². The van der Waals surface area contributed by atoms with Gasteiger partial charge in [0.15, 0.2) is 0 Å². The van der Waals surface area contributed by atoms with Crippen molar-refractivity contribution in [2.24, 2.45) is 0 Å². The van der Waals surface area contributed by atoms with Crippen LogP contribution in [-0.2, 0) is 27.4 Å². The van der Waals surface area contributed by atoms with Crippen LogP contribution in [0, 0.1) is 0 Å². The van der Waals surface area contributed by atoms with Gasteiger partial charge in [0.25, 0.3) is 5.91 Å². The Morgan fingerprint density at radius 1 is 1.07 bits per heavy atom. The second-order valence-corrected chi connectivity index (χ2v) is 12.5. The number of hydrogen-bond acceptors (Lipinski definition) is 9. The second-order valence-electron chi connectivity index (χ2n) is 12.5. The van der Waals surface area contributed by atoms with E-state index in [-0.39, 0.29) is 29.9 Å². The predicted octanol–water partition coefficient (Wildman–Crippen LogP) is 2.41. The highest BCUT2D eigenvalue weighted by atomic mass is 16.5. The zero-order valence-electron chi connectivity index (χ0n) is 24.0. The van der Waals surface area contributed by atoms with Crippen molar-refractivity contribution >= 4 is 34.6 Å². The molecule has 1 N–H and O–H groups in total. The lowest BCUT2D eigenvalue weighted by atomic mass is 9.84. The standard InChI is InChI=1S/C32H34N6O5/c39-28-6-5-27(29(40)35-28)37-17-22-14-23(2-3-25(22)30(37)41)43-24-7-10-36(18-24)16-20-1-4-26-21(13-20)15-33-31(34-26)38-11-8-32(38)9-12-42-19-32/h1-4,13-15,24,27H,5-12,16-19H2,(H,35,39,40)/t24-,27?,32+/m0/s1. The van der Waals surface area contributed by atoms with Crippen LogP contribution in [0.25, 0.3) is 10.9 Å². The SMILES string of the molecule is O=C1CCC(N2Cc3cc(O[C@H]4CCN(Cc5ccc6nc(N7CC[C@]78CCOC8)ncc6c5)C4)ccc3C2=O)C(=O)N1. The maximum atomic E-state index is 13.0. The molecule has 3 atom stereocenters. The number of carbonyl (C=O) groups excluding carboxylic acids is 3. The van der Waals surface area contributed by atoms with E-state index < -0.39 is 11.9 Å². The Hall–Kier alpha value is -4.09. The van der Waals surface area contributed by atoms with Crippen LogP contribution in [0.4, 0.5) is 5.95 Å². The summed E-state index contributed by atoms with van der Waals surface area (Å²) in [6.07, 6.45) is 5.69. The largest absolute Gasteiger partial charge is 0.489 e. The molecule has 0 aliphatic carbocycles. The predicted molar refractivity (Wildman–Crippen MR) is 156 cm³/mol. The summed E-state index contributed by atoms with van der Waals surface area (Å²) in [7, 11) is 0. The van der Waals surface area contributed by atoms with Gasteiger partial charge in [0, 0.05) is 62.9 Å². The number of nitrogens with one attached hydrogen (secondary N) is 1. The summed E-state index contributed by atoms with van der Waals surface area (Å²) in [5, 5.41) is 3.40. The molecule has 1 unspecified atom stereocenters. The number of hydrogen-bond donors (Lipinski definition) is 1. The zero-order valence-corrected chi connectivity index (χ0v) is 24.0. The molecule has 4 fully saturated rings. The molecule has 1 aromatic heterocycles. The molecule has 1 spiro atoms. The number of rotatable bonds is 6. The summed E-state index contributed by atoms with van der Waals surface area (Å²) >= 11 is 0. The maximum Gasteiger partial charge on any atom is 0.255 e. The van der Waals surface area contributed by atoms with Crippen LogP contribution >= 0.6 is 0 Å². The highest BCUT2D eigenvalue weighted by Crippen LogP contribution is 2.40. The molecule has 8 rings (SSSR count). The van der Waals surface area contributed by atoms with Gasteiger partial charge in [-0.2, -0.15) is 0 Å². The van der Waals surface area contributed by atoms with Gasteiger partial charge in [0.1, 0.15) is 17.9 Å². The van der Waals surface area contributed by atoms with Crippen molar-refractivity contribution in [3.8, 4) is 5.75 Å². The van der Waals surface area contributed by atoms with Crippen molar-refractivity contribution in [3.05, 3.63) is 59.3 Å². The lowest BCUT2D eigenvalue weighted by Crippen LogP contribution is -2.61. The summed E-state index contributed by atoms with van der Waals surface area (Å²) in [5.41, 5.74) is 3.72. The number of fused-ring (bicyclic) bond motifs is 2. The fourth-order valence-electron chi connectivity index (χ4n) is 7.27. The van der Waals surface area contributed by atoms with E-state index in [0.29, 0.717) is 18.5 Å². The first kappa shape index (κ1) is 26.5. The normalized spacial score (nSPS) is 27.2. The Morgan fingerprint density at radius 2 is 2.00 bits per heavy atom. The number of piperidine rings is 1. The zero-order chi connectivity index (χ0) is 29.1. The third-order valence-electron chi connectivity index (χ3n) is 9.76. The molecule has 0 bridgehead atoms. The molecule has 6 heterocycles. The lowest BCUT2D eigenvalue weighted by Gasteiger charge is -2.49. The number of likely N-dealkylation sites (tertiary alicyclic amines) is 1. The van der Waals surface area contributed by atoms with Gasteiger partial charge in [-0.25, -0.2) is 9.97 Å². The number of anilines is 1. The Balaban J connectivity index is 0.885. The summed E-state index contributed by atoms with van der Waals surface area (Å²) in [6, 6.07) is 11.4. The third-order valence-corrected chi connectivity index (χ3v) is 9.76. The van der Waals surface area contributed by atoms with Crippen LogP contribution in [0.1, 0.15) is 53.6 Å². The Kier molecular flexibility index (Phi) is 6.34. The quantitative estimate of drug-likeness (QED) is 0.438. The molecular formula is C32H34N6O5. The summed E-state index contributed by atoms with van der Waals surface area (Å²) in [6.45, 7) is 5.47. The average Bonchev–Trinajstić information content (AvgIpc) is 3.73. The Bertz CT molecular complexity index is 1640. The molecule has 2 aromatic carbocycles. The highest BCUT2D eigenvalue weighted by Gasteiger charge is 2.49. The molecular weight excluding hydrogens is 548 g/mol. The van der Waals surface area contributed by atoms with Gasteiger partial charge in [-0.05, 0) is 67.1 Å². The van der Waals surface area contributed by atoms with Crippen LogP contribution in [0.2, 0.25) is 0 Å². The van der Waals surface area contributed by atoms with Crippen molar-refractivity contribution in [3.63, 3.8) is 0 Å². The van der Waals surface area contributed by atoms with E-state index in [1.807, 2.05) is 18.3 Å². The number of benzene rings is 2. The summed E-state index contributed by atoms with van der Waals surface area (Å²) < 4.78 is 12.0. The maximum absolute atomic E-state index is 13.0. The smallest absolute Gasteiger partial charge is 0.255 e.